The molecule has 2 heterocycles. The van der Waals surface area contributed by atoms with Gasteiger partial charge in [-0.2, -0.15) is 0 Å². The standard InChI is InChI=1S/C14H18N2/c1-2-14-13-8-10(16-14)7-9-3-5-15-6-4-12(13)11(1)9/h4-6,9-11,14,16H,1-3,7-8H2. The Labute approximate surface area is 96.5 Å². The number of hydrogen-bond donors (Lipinski definition) is 1. The number of allylic oxidation sites excluding steroid dienone is 2. The summed E-state index contributed by atoms with van der Waals surface area (Å²) in [5, 5.41) is 3.82. The topological polar surface area (TPSA) is 24.4 Å². The van der Waals surface area contributed by atoms with Crippen molar-refractivity contribution in [3.63, 3.8) is 0 Å². The first-order chi connectivity index (χ1) is 7.92. The summed E-state index contributed by atoms with van der Waals surface area (Å²) in [6, 6.07) is 1.45. The molecule has 1 fully saturated rings. The Hall–Kier alpha value is -0.890. The zero-order valence-electron chi connectivity index (χ0n) is 9.52. The molecule has 0 aromatic carbocycles. The third kappa shape index (κ3) is 1.20. The van der Waals surface area contributed by atoms with Crippen LogP contribution in [0.15, 0.2) is 28.4 Å². The van der Waals surface area contributed by atoms with Gasteiger partial charge < -0.3 is 5.32 Å². The molecule has 0 aromatic rings. The van der Waals surface area contributed by atoms with Crippen molar-refractivity contribution in [1.82, 2.24) is 5.32 Å². The van der Waals surface area contributed by atoms with Crippen LogP contribution in [0.2, 0.25) is 0 Å². The van der Waals surface area contributed by atoms with Crippen molar-refractivity contribution in [1.29, 1.82) is 0 Å². The molecule has 0 aromatic heterocycles. The quantitative estimate of drug-likeness (QED) is 0.658. The highest BCUT2D eigenvalue weighted by molar-refractivity contribution is 5.60. The van der Waals surface area contributed by atoms with Crippen LogP contribution in [-0.4, -0.2) is 18.3 Å². The van der Waals surface area contributed by atoms with Gasteiger partial charge in [-0.05, 0) is 61.2 Å². The van der Waals surface area contributed by atoms with E-state index in [1.165, 1.54) is 32.1 Å². The van der Waals surface area contributed by atoms with Crippen LogP contribution < -0.4 is 5.32 Å². The second-order valence-electron chi connectivity index (χ2n) is 5.66. The summed E-state index contributed by atoms with van der Waals surface area (Å²) in [5.74, 6) is 1.67. The van der Waals surface area contributed by atoms with Crippen molar-refractivity contribution in [2.24, 2.45) is 16.8 Å². The minimum Gasteiger partial charge on any atom is -0.307 e. The molecule has 1 saturated heterocycles. The van der Waals surface area contributed by atoms with E-state index in [1.54, 1.807) is 11.1 Å². The van der Waals surface area contributed by atoms with E-state index in [9.17, 15) is 0 Å². The molecule has 16 heavy (non-hydrogen) atoms. The first kappa shape index (κ1) is 9.17. The number of nitrogens with zero attached hydrogens (tertiary/aromatic N) is 1. The van der Waals surface area contributed by atoms with Crippen LogP contribution in [0.3, 0.4) is 0 Å². The monoisotopic (exact) mass is 214 g/mol. The lowest BCUT2D eigenvalue weighted by Gasteiger charge is -2.37. The summed E-state index contributed by atoms with van der Waals surface area (Å²) < 4.78 is 0. The van der Waals surface area contributed by atoms with Crippen LogP contribution in [0.5, 0.6) is 0 Å². The van der Waals surface area contributed by atoms with Gasteiger partial charge >= 0.3 is 0 Å². The first-order valence-corrected chi connectivity index (χ1v) is 6.59. The predicted octanol–water partition coefficient (Wildman–Crippen LogP) is 2.43. The Morgan fingerprint density at radius 2 is 2.31 bits per heavy atom. The average Bonchev–Trinajstić information content (AvgIpc) is 2.57. The van der Waals surface area contributed by atoms with Gasteiger partial charge in [-0.1, -0.05) is 0 Å². The van der Waals surface area contributed by atoms with Gasteiger partial charge in [0.1, 0.15) is 0 Å². The lowest BCUT2D eigenvalue weighted by Crippen LogP contribution is -2.39. The van der Waals surface area contributed by atoms with Crippen molar-refractivity contribution in [2.75, 3.05) is 0 Å². The number of nitrogens with one attached hydrogen (secondary N) is 1. The molecule has 0 amide bonds. The maximum absolute atomic E-state index is 4.36. The Morgan fingerprint density at radius 3 is 3.31 bits per heavy atom. The largest absolute Gasteiger partial charge is 0.307 e. The number of rotatable bonds is 0. The molecule has 2 aliphatic heterocycles. The van der Waals surface area contributed by atoms with Gasteiger partial charge in [0.25, 0.3) is 0 Å². The molecular weight excluding hydrogens is 196 g/mol. The van der Waals surface area contributed by atoms with Gasteiger partial charge in [0, 0.05) is 24.5 Å². The van der Waals surface area contributed by atoms with Crippen molar-refractivity contribution < 1.29 is 0 Å². The van der Waals surface area contributed by atoms with E-state index in [2.05, 4.69) is 22.6 Å². The fourth-order valence-electron chi connectivity index (χ4n) is 4.21. The molecule has 4 unspecified atom stereocenters. The van der Waals surface area contributed by atoms with Gasteiger partial charge in [-0.15, -0.1) is 0 Å². The van der Waals surface area contributed by atoms with Crippen LogP contribution in [0.25, 0.3) is 0 Å². The van der Waals surface area contributed by atoms with Crippen LogP contribution in [0, 0.1) is 11.8 Å². The lowest BCUT2D eigenvalue weighted by atomic mass is 9.73. The molecule has 0 saturated carbocycles. The minimum absolute atomic E-state index is 0.699. The molecule has 4 atom stereocenters. The number of fused-ring (bicyclic) bond motifs is 1. The Bertz CT molecular complexity index is 405. The van der Waals surface area contributed by atoms with Gasteiger partial charge in [-0.3, -0.25) is 4.99 Å². The molecule has 84 valence electrons. The highest BCUT2D eigenvalue weighted by atomic mass is 15.0. The second-order valence-corrected chi connectivity index (χ2v) is 5.66. The van der Waals surface area contributed by atoms with Crippen molar-refractivity contribution in [3.05, 3.63) is 23.4 Å². The van der Waals surface area contributed by atoms with E-state index in [0.29, 0.717) is 6.04 Å². The molecule has 2 heteroatoms. The van der Waals surface area contributed by atoms with Crippen LogP contribution in [-0.2, 0) is 0 Å². The summed E-state index contributed by atoms with van der Waals surface area (Å²) in [5.41, 5.74) is 3.36. The lowest BCUT2D eigenvalue weighted by molar-refractivity contribution is 0.270. The highest BCUT2D eigenvalue weighted by Gasteiger charge is 2.42. The highest BCUT2D eigenvalue weighted by Crippen LogP contribution is 2.47. The SMILES string of the molecule is C1=CC2=C3CC4CC(CC=N1)C2CCC3N4. The predicted molar refractivity (Wildman–Crippen MR) is 65.4 cm³/mol. The summed E-state index contributed by atoms with van der Waals surface area (Å²) >= 11 is 0. The Morgan fingerprint density at radius 1 is 1.31 bits per heavy atom. The Balaban J connectivity index is 1.89. The van der Waals surface area contributed by atoms with Crippen LogP contribution in [0.1, 0.15) is 32.1 Å². The molecule has 1 N–H and O–H groups in total. The minimum atomic E-state index is 0.699. The molecule has 0 radical (unpaired) electrons. The molecular formula is C14H18N2. The van der Waals surface area contributed by atoms with E-state index in [0.717, 1.165) is 17.9 Å². The third-order valence-electron chi connectivity index (χ3n) is 4.87. The molecule has 0 spiro atoms. The fourth-order valence-corrected chi connectivity index (χ4v) is 4.21. The molecule has 4 rings (SSSR count). The van der Waals surface area contributed by atoms with Crippen LogP contribution in [0.4, 0.5) is 0 Å². The van der Waals surface area contributed by atoms with E-state index in [4.69, 9.17) is 0 Å². The van der Waals surface area contributed by atoms with E-state index in [-0.39, 0.29) is 0 Å². The van der Waals surface area contributed by atoms with Gasteiger partial charge in [-0.25, -0.2) is 0 Å². The first-order valence-electron chi connectivity index (χ1n) is 6.59. The van der Waals surface area contributed by atoms with E-state index >= 15 is 0 Å². The zero-order valence-corrected chi connectivity index (χ0v) is 9.52. The molecule has 4 aliphatic rings. The number of hydrogen-bond acceptors (Lipinski definition) is 2. The van der Waals surface area contributed by atoms with Crippen LogP contribution >= 0.6 is 0 Å². The maximum atomic E-state index is 4.36. The average molecular weight is 214 g/mol. The molecule has 2 aliphatic carbocycles. The zero-order chi connectivity index (χ0) is 10.5. The molecule has 2 nitrogen and oxygen atoms in total. The molecule has 5 bridgehead atoms. The normalized spacial score (nSPS) is 44.5. The van der Waals surface area contributed by atoms with Gasteiger partial charge in [0.15, 0.2) is 0 Å². The smallest absolute Gasteiger partial charge is 0.0288 e. The van der Waals surface area contributed by atoms with Gasteiger partial charge in [0.2, 0.25) is 0 Å². The third-order valence-corrected chi connectivity index (χ3v) is 4.87. The summed E-state index contributed by atoms with van der Waals surface area (Å²) in [6.07, 6.45) is 13.0. The van der Waals surface area contributed by atoms with E-state index in [1.807, 2.05) is 6.20 Å². The maximum Gasteiger partial charge on any atom is 0.0288 e. The van der Waals surface area contributed by atoms with Crippen molar-refractivity contribution in [2.45, 2.75) is 44.2 Å². The fraction of sp³-hybridized carbons (Fsp3) is 0.643. The summed E-state index contributed by atoms with van der Waals surface area (Å²) in [7, 11) is 0. The number of aliphatic imine (C=N–C) groups is 1. The van der Waals surface area contributed by atoms with E-state index < -0.39 is 0 Å². The van der Waals surface area contributed by atoms with Crippen molar-refractivity contribution >= 4 is 6.21 Å². The summed E-state index contributed by atoms with van der Waals surface area (Å²) in [4.78, 5) is 4.36. The summed E-state index contributed by atoms with van der Waals surface area (Å²) in [6.45, 7) is 0. The van der Waals surface area contributed by atoms with Crippen molar-refractivity contribution in [3.8, 4) is 0 Å². The van der Waals surface area contributed by atoms with Gasteiger partial charge in [0.05, 0.1) is 0 Å². The Kier molecular flexibility index (Phi) is 1.89. The second kappa shape index (κ2) is 3.30.